The molecule has 4 heteroatoms. The zero-order chi connectivity index (χ0) is 9.99. The number of aliphatic carboxylic acids is 1. The molecule has 0 aromatic rings. The molecule has 0 aromatic carbocycles. The van der Waals surface area contributed by atoms with Crippen molar-refractivity contribution in [2.75, 3.05) is 6.54 Å². The smallest absolute Gasteiger partial charge is 0.323 e. The molecule has 0 saturated heterocycles. The number of nitrogens with one attached hydrogen (secondary N) is 1. The molecule has 12 heavy (non-hydrogen) atoms. The molecule has 0 aliphatic heterocycles. The highest BCUT2D eigenvalue weighted by Gasteiger charge is 2.28. The lowest BCUT2D eigenvalue weighted by Crippen LogP contribution is -2.51. The van der Waals surface area contributed by atoms with Crippen molar-refractivity contribution in [1.82, 2.24) is 5.32 Å². The first-order valence-corrected chi connectivity index (χ1v) is 3.86. The maximum atomic E-state index is 10.6. The van der Waals surface area contributed by atoms with Gasteiger partial charge in [0.25, 0.3) is 0 Å². The number of β-amino-alcohol motifs (C(OH)–C–C–N with tert-alkyl or cyclic N) is 1. The SMILES string of the molecule is CC(C)(O)CNC(C)(C)C(=O)O. The molecule has 0 heterocycles. The van der Waals surface area contributed by atoms with Crippen LogP contribution in [0.5, 0.6) is 0 Å². The fourth-order valence-corrected chi connectivity index (χ4v) is 0.513. The highest BCUT2D eigenvalue weighted by atomic mass is 16.4. The van der Waals surface area contributed by atoms with Gasteiger partial charge in [0.2, 0.25) is 0 Å². The van der Waals surface area contributed by atoms with Gasteiger partial charge in [-0.25, -0.2) is 0 Å². The van der Waals surface area contributed by atoms with E-state index in [4.69, 9.17) is 5.11 Å². The van der Waals surface area contributed by atoms with E-state index < -0.39 is 17.1 Å². The summed E-state index contributed by atoms with van der Waals surface area (Å²) in [6.07, 6.45) is 0. The number of aliphatic hydroxyl groups is 1. The van der Waals surface area contributed by atoms with E-state index in [1.54, 1.807) is 27.7 Å². The normalized spacial score (nSPS) is 13.1. The Balaban J connectivity index is 4.01. The lowest BCUT2D eigenvalue weighted by atomic mass is 10.0. The second kappa shape index (κ2) is 3.41. The van der Waals surface area contributed by atoms with Crippen LogP contribution < -0.4 is 5.32 Å². The van der Waals surface area contributed by atoms with Gasteiger partial charge in [0.15, 0.2) is 0 Å². The molecule has 0 atom stereocenters. The van der Waals surface area contributed by atoms with Gasteiger partial charge in [0.1, 0.15) is 5.54 Å². The third kappa shape index (κ3) is 4.31. The molecule has 0 aromatic heterocycles. The molecule has 0 spiro atoms. The van der Waals surface area contributed by atoms with Crippen molar-refractivity contribution in [3.63, 3.8) is 0 Å². The molecule has 0 bridgehead atoms. The van der Waals surface area contributed by atoms with Crippen LogP contribution in [0.25, 0.3) is 0 Å². The molecule has 0 rings (SSSR count). The predicted molar refractivity (Wildman–Crippen MR) is 46.0 cm³/mol. The zero-order valence-electron chi connectivity index (χ0n) is 8.01. The standard InChI is InChI=1S/C8H17NO3/c1-7(2,12)5-9-8(3,4)6(10)11/h9,12H,5H2,1-4H3,(H,10,11). The van der Waals surface area contributed by atoms with Crippen LogP contribution in [0.2, 0.25) is 0 Å². The van der Waals surface area contributed by atoms with Crippen LogP contribution in [-0.2, 0) is 4.79 Å². The summed E-state index contributed by atoms with van der Waals surface area (Å²) in [5, 5.41) is 20.8. The number of carbonyl (C=O) groups is 1. The Hall–Kier alpha value is -0.610. The van der Waals surface area contributed by atoms with Crippen LogP contribution in [0.3, 0.4) is 0 Å². The summed E-state index contributed by atoms with van der Waals surface area (Å²) in [5.74, 6) is -0.924. The van der Waals surface area contributed by atoms with Crippen molar-refractivity contribution < 1.29 is 15.0 Å². The molecule has 0 amide bonds. The van der Waals surface area contributed by atoms with Crippen LogP contribution in [0.15, 0.2) is 0 Å². The maximum Gasteiger partial charge on any atom is 0.323 e. The second-order valence-electron chi connectivity index (χ2n) is 4.10. The monoisotopic (exact) mass is 175 g/mol. The summed E-state index contributed by atoms with van der Waals surface area (Å²) in [7, 11) is 0. The predicted octanol–water partition coefficient (Wildman–Crippen LogP) is 0.210. The zero-order valence-corrected chi connectivity index (χ0v) is 8.01. The molecule has 3 N–H and O–H groups in total. The van der Waals surface area contributed by atoms with Gasteiger partial charge in [0, 0.05) is 6.54 Å². The molecule has 0 saturated carbocycles. The summed E-state index contributed by atoms with van der Waals surface area (Å²) in [6.45, 7) is 6.62. The first kappa shape index (κ1) is 11.4. The average molecular weight is 175 g/mol. The fraction of sp³-hybridized carbons (Fsp3) is 0.875. The van der Waals surface area contributed by atoms with Gasteiger partial charge in [-0.15, -0.1) is 0 Å². The Morgan fingerprint density at radius 1 is 1.33 bits per heavy atom. The number of carboxylic acids is 1. The molecule has 0 unspecified atom stereocenters. The summed E-state index contributed by atoms with van der Waals surface area (Å²) < 4.78 is 0. The molecule has 0 aliphatic carbocycles. The van der Waals surface area contributed by atoms with Crippen LogP contribution in [0.1, 0.15) is 27.7 Å². The second-order valence-corrected chi connectivity index (χ2v) is 4.10. The Morgan fingerprint density at radius 2 is 1.75 bits per heavy atom. The number of hydrogen-bond donors (Lipinski definition) is 3. The van der Waals surface area contributed by atoms with Gasteiger partial charge in [-0.05, 0) is 27.7 Å². The summed E-state index contributed by atoms with van der Waals surface area (Å²) in [6, 6.07) is 0. The van der Waals surface area contributed by atoms with E-state index >= 15 is 0 Å². The lowest BCUT2D eigenvalue weighted by molar-refractivity contribution is -0.143. The fourth-order valence-electron chi connectivity index (χ4n) is 0.513. The minimum Gasteiger partial charge on any atom is -0.480 e. The van der Waals surface area contributed by atoms with Crippen molar-refractivity contribution in [1.29, 1.82) is 0 Å². The van der Waals surface area contributed by atoms with Crippen molar-refractivity contribution in [3.05, 3.63) is 0 Å². The number of rotatable bonds is 4. The Bertz CT molecular complexity index is 170. The van der Waals surface area contributed by atoms with Gasteiger partial charge < -0.3 is 10.2 Å². The van der Waals surface area contributed by atoms with E-state index in [1.807, 2.05) is 0 Å². The topological polar surface area (TPSA) is 69.6 Å². The summed E-state index contributed by atoms with van der Waals surface area (Å²) in [4.78, 5) is 10.6. The van der Waals surface area contributed by atoms with Crippen LogP contribution in [-0.4, -0.2) is 33.9 Å². The van der Waals surface area contributed by atoms with E-state index in [0.29, 0.717) is 0 Å². The van der Waals surface area contributed by atoms with E-state index in [-0.39, 0.29) is 6.54 Å². The maximum absolute atomic E-state index is 10.6. The molecular formula is C8H17NO3. The lowest BCUT2D eigenvalue weighted by Gasteiger charge is -2.26. The Labute approximate surface area is 72.6 Å². The first-order valence-electron chi connectivity index (χ1n) is 3.86. The third-order valence-electron chi connectivity index (χ3n) is 1.50. The van der Waals surface area contributed by atoms with Crippen LogP contribution in [0, 0.1) is 0 Å². The molecule has 0 radical (unpaired) electrons. The van der Waals surface area contributed by atoms with Crippen molar-refractivity contribution in [2.45, 2.75) is 38.8 Å². The summed E-state index contributed by atoms with van der Waals surface area (Å²) >= 11 is 0. The van der Waals surface area contributed by atoms with Crippen LogP contribution in [0.4, 0.5) is 0 Å². The van der Waals surface area contributed by atoms with Crippen LogP contribution >= 0.6 is 0 Å². The summed E-state index contributed by atoms with van der Waals surface area (Å²) in [5.41, 5.74) is -1.87. The quantitative estimate of drug-likeness (QED) is 0.571. The molecule has 0 fully saturated rings. The molecular weight excluding hydrogens is 158 g/mol. The van der Waals surface area contributed by atoms with E-state index in [9.17, 15) is 9.90 Å². The van der Waals surface area contributed by atoms with Gasteiger partial charge in [-0.2, -0.15) is 0 Å². The Kier molecular flexibility index (Phi) is 3.24. The van der Waals surface area contributed by atoms with Crippen molar-refractivity contribution in [3.8, 4) is 0 Å². The van der Waals surface area contributed by atoms with Crippen molar-refractivity contribution in [2.24, 2.45) is 0 Å². The van der Waals surface area contributed by atoms with Gasteiger partial charge >= 0.3 is 5.97 Å². The highest BCUT2D eigenvalue weighted by molar-refractivity contribution is 5.77. The Morgan fingerprint density at radius 3 is 2.00 bits per heavy atom. The highest BCUT2D eigenvalue weighted by Crippen LogP contribution is 2.05. The van der Waals surface area contributed by atoms with Gasteiger partial charge in [-0.3, -0.25) is 10.1 Å². The van der Waals surface area contributed by atoms with Gasteiger partial charge in [-0.1, -0.05) is 0 Å². The molecule has 0 aliphatic rings. The van der Waals surface area contributed by atoms with E-state index in [0.717, 1.165) is 0 Å². The van der Waals surface area contributed by atoms with E-state index in [2.05, 4.69) is 5.32 Å². The number of hydrogen-bond acceptors (Lipinski definition) is 3. The molecule has 4 nitrogen and oxygen atoms in total. The first-order chi connectivity index (χ1) is 5.15. The average Bonchev–Trinajstić information content (AvgIpc) is 1.82. The number of carboxylic acid groups (broad SMARTS) is 1. The largest absolute Gasteiger partial charge is 0.480 e. The third-order valence-corrected chi connectivity index (χ3v) is 1.50. The molecule has 72 valence electrons. The minimum absolute atomic E-state index is 0.256. The van der Waals surface area contributed by atoms with Crippen molar-refractivity contribution >= 4 is 5.97 Å². The van der Waals surface area contributed by atoms with Gasteiger partial charge in [0.05, 0.1) is 5.60 Å². The minimum atomic E-state index is -0.986. The van der Waals surface area contributed by atoms with E-state index in [1.165, 1.54) is 0 Å².